The Morgan fingerprint density at radius 2 is 2.06 bits per heavy atom. The summed E-state index contributed by atoms with van der Waals surface area (Å²) in [5, 5.41) is 0.636. The van der Waals surface area contributed by atoms with Crippen LogP contribution >= 0.6 is 27.5 Å². The van der Waals surface area contributed by atoms with Crippen LogP contribution in [-0.4, -0.2) is 5.78 Å². The molecule has 3 heteroatoms. The van der Waals surface area contributed by atoms with Crippen molar-refractivity contribution in [1.82, 2.24) is 0 Å². The van der Waals surface area contributed by atoms with Crippen LogP contribution in [0.5, 0.6) is 0 Å². The van der Waals surface area contributed by atoms with Crippen LogP contribution in [0.15, 0.2) is 34.3 Å². The fraction of sp³-hybridized carbons (Fsp3) is 0.357. The molecule has 1 aliphatic rings. The van der Waals surface area contributed by atoms with Crippen molar-refractivity contribution in [3.05, 3.63) is 44.9 Å². The number of benzene rings is 1. The van der Waals surface area contributed by atoms with Crippen molar-refractivity contribution in [3.63, 3.8) is 0 Å². The van der Waals surface area contributed by atoms with Crippen molar-refractivity contribution in [2.45, 2.75) is 32.1 Å². The Morgan fingerprint density at radius 1 is 1.24 bits per heavy atom. The topological polar surface area (TPSA) is 17.1 Å². The minimum atomic E-state index is 0.143. The Balaban J connectivity index is 2.23. The Bertz CT molecular complexity index is 465. The molecule has 1 aromatic rings. The molecule has 0 radical (unpaired) electrons. The lowest BCUT2D eigenvalue weighted by Crippen LogP contribution is -2.03. The summed E-state index contributed by atoms with van der Waals surface area (Å²) in [5.41, 5.74) is 1.67. The normalized spacial score (nSPS) is 16.2. The lowest BCUT2D eigenvalue weighted by atomic mass is 10.00. The van der Waals surface area contributed by atoms with Gasteiger partial charge in [0.1, 0.15) is 0 Å². The third-order valence-corrected chi connectivity index (χ3v) is 4.23. The van der Waals surface area contributed by atoms with Gasteiger partial charge in [-0.05, 0) is 65.4 Å². The highest BCUT2D eigenvalue weighted by Crippen LogP contribution is 2.26. The molecule has 0 spiro atoms. The second-order valence-corrected chi connectivity index (χ2v) is 5.55. The summed E-state index contributed by atoms with van der Waals surface area (Å²) in [7, 11) is 0. The first-order valence-corrected chi connectivity index (χ1v) is 7.04. The van der Waals surface area contributed by atoms with Crippen molar-refractivity contribution in [2.24, 2.45) is 0 Å². The molecule has 0 fully saturated rings. The maximum absolute atomic E-state index is 12.3. The van der Waals surface area contributed by atoms with Crippen LogP contribution < -0.4 is 0 Å². The highest BCUT2D eigenvalue weighted by molar-refractivity contribution is 9.10. The van der Waals surface area contributed by atoms with Crippen molar-refractivity contribution in [1.29, 1.82) is 0 Å². The molecule has 1 aliphatic carbocycles. The van der Waals surface area contributed by atoms with Gasteiger partial charge in [0.2, 0.25) is 0 Å². The van der Waals surface area contributed by atoms with Gasteiger partial charge in [-0.15, -0.1) is 0 Å². The van der Waals surface area contributed by atoms with E-state index in [0.717, 1.165) is 34.9 Å². The second kappa shape index (κ2) is 5.83. The third-order valence-electron chi connectivity index (χ3n) is 3.01. The van der Waals surface area contributed by atoms with Crippen LogP contribution in [0, 0.1) is 0 Å². The first kappa shape index (κ1) is 12.8. The minimum Gasteiger partial charge on any atom is -0.289 e. The van der Waals surface area contributed by atoms with Gasteiger partial charge in [-0.2, -0.15) is 0 Å². The molecular weight excluding hydrogens is 300 g/mol. The molecular formula is C14H14BrClO. The zero-order chi connectivity index (χ0) is 12.3. The zero-order valence-electron chi connectivity index (χ0n) is 9.51. The summed E-state index contributed by atoms with van der Waals surface area (Å²) in [5.74, 6) is 0.143. The lowest BCUT2D eigenvalue weighted by Gasteiger charge is -2.05. The molecule has 0 bridgehead atoms. The van der Waals surface area contributed by atoms with E-state index in [1.54, 1.807) is 18.2 Å². The molecule has 17 heavy (non-hydrogen) atoms. The van der Waals surface area contributed by atoms with E-state index in [4.69, 9.17) is 11.6 Å². The van der Waals surface area contributed by atoms with Gasteiger partial charge in [-0.1, -0.05) is 24.1 Å². The molecule has 0 heterocycles. The maximum atomic E-state index is 12.3. The molecule has 90 valence electrons. The van der Waals surface area contributed by atoms with Crippen molar-refractivity contribution < 1.29 is 4.79 Å². The minimum absolute atomic E-state index is 0.143. The van der Waals surface area contributed by atoms with Crippen LogP contribution in [0.4, 0.5) is 0 Å². The van der Waals surface area contributed by atoms with Crippen LogP contribution in [0.25, 0.3) is 0 Å². The Kier molecular flexibility index (Phi) is 4.41. The van der Waals surface area contributed by atoms with Crippen LogP contribution in [0.3, 0.4) is 0 Å². The number of ketones is 1. The number of rotatable bonds is 2. The first-order chi connectivity index (χ1) is 8.18. The first-order valence-electron chi connectivity index (χ1n) is 5.87. The van der Waals surface area contributed by atoms with E-state index in [2.05, 4.69) is 22.0 Å². The molecule has 0 saturated heterocycles. The Labute approximate surface area is 115 Å². The van der Waals surface area contributed by atoms with Gasteiger partial charge in [0.05, 0.1) is 5.02 Å². The van der Waals surface area contributed by atoms with E-state index in [-0.39, 0.29) is 5.78 Å². The summed E-state index contributed by atoms with van der Waals surface area (Å²) >= 11 is 9.27. The van der Waals surface area contributed by atoms with E-state index in [1.165, 1.54) is 12.8 Å². The van der Waals surface area contributed by atoms with Gasteiger partial charge in [0, 0.05) is 10.0 Å². The molecule has 1 nitrogen and oxygen atoms in total. The Morgan fingerprint density at radius 3 is 2.82 bits per heavy atom. The number of carbonyl (C=O) groups excluding carboxylic acids is 1. The number of halogens is 2. The predicted molar refractivity (Wildman–Crippen MR) is 74.7 cm³/mol. The fourth-order valence-electron chi connectivity index (χ4n) is 2.04. The van der Waals surface area contributed by atoms with Crippen LogP contribution in [-0.2, 0) is 0 Å². The molecule has 0 amide bonds. The summed E-state index contributed by atoms with van der Waals surface area (Å²) in [6.07, 6.45) is 7.55. The van der Waals surface area contributed by atoms with Crippen molar-refractivity contribution >= 4 is 33.3 Å². The number of allylic oxidation sites excluding steroid dienone is 2. The number of hydrogen-bond donors (Lipinski definition) is 0. The highest BCUT2D eigenvalue weighted by Gasteiger charge is 2.14. The van der Waals surface area contributed by atoms with Crippen LogP contribution in [0.1, 0.15) is 42.5 Å². The molecule has 1 aromatic carbocycles. The van der Waals surface area contributed by atoms with Crippen LogP contribution in [0.2, 0.25) is 5.02 Å². The summed E-state index contributed by atoms with van der Waals surface area (Å²) in [6.45, 7) is 0. The molecule has 2 rings (SSSR count). The van der Waals surface area contributed by atoms with Gasteiger partial charge in [0.25, 0.3) is 0 Å². The predicted octanol–water partition coefficient (Wildman–Crippen LogP) is 5.18. The lowest BCUT2D eigenvalue weighted by molar-refractivity contribution is 0.103. The Hall–Kier alpha value is -0.600. The number of Topliss-reactive ketones (excluding diaryl/α,β-unsaturated/α-hetero) is 1. The standard InChI is InChI=1S/C14H14BrClO/c15-12-9-11(7-8-13(12)16)14(17)10-5-3-1-2-4-6-10/h5,7-9H,1-4,6H2. The summed E-state index contributed by atoms with van der Waals surface area (Å²) < 4.78 is 0.777. The van der Waals surface area contributed by atoms with E-state index >= 15 is 0 Å². The molecule has 0 atom stereocenters. The van der Waals surface area contributed by atoms with Gasteiger partial charge in [-0.3, -0.25) is 4.79 Å². The monoisotopic (exact) mass is 312 g/mol. The van der Waals surface area contributed by atoms with Gasteiger partial charge in [-0.25, -0.2) is 0 Å². The molecule has 0 N–H and O–H groups in total. The quantitative estimate of drug-likeness (QED) is 0.688. The third kappa shape index (κ3) is 3.20. The van der Waals surface area contributed by atoms with E-state index < -0.39 is 0 Å². The van der Waals surface area contributed by atoms with Gasteiger partial charge >= 0.3 is 0 Å². The van der Waals surface area contributed by atoms with Crippen molar-refractivity contribution in [3.8, 4) is 0 Å². The van der Waals surface area contributed by atoms with E-state index in [1.807, 2.05) is 0 Å². The molecule has 0 unspecified atom stereocenters. The largest absolute Gasteiger partial charge is 0.289 e. The number of carbonyl (C=O) groups is 1. The number of hydrogen-bond acceptors (Lipinski definition) is 1. The van der Waals surface area contributed by atoms with Gasteiger partial charge < -0.3 is 0 Å². The molecule has 0 saturated carbocycles. The molecule has 0 aromatic heterocycles. The molecule has 0 aliphatic heterocycles. The van der Waals surface area contributed by atoms with E-state index in [0.29, 0.717) is 5.02 Å². The summed E-state index contributed by atoms with van der Waals surface area (Å²) in [6, 6.07) is 5.35. The van der Waals surface area contributed by atoms with Gasteiger partial charge in [0.15, 0.2) is 5.78 Å². The van der Waals surface area contributed by atoms with Crippen molar-refractivity contribution in [2.75, 3.05) is 0 Å². The summed E-state index contributed by atoms with van der Waals surface area (Å²) in [4.78, 5) is 12.3. The van der Waals surface area contributed by atoms with E-state index in [9.17, 15) is 4.79 Å². The average molecular weight is 314 g/mol. The SMILES string of the molecule is O=C(C1=CCCCCC1)c1ccc(Cl)c(Br)c1. The second-order valence-electron chi connectivity index (χ2n) is 4.29. The maximum Gasteiger partial charge on any atom is 0.188 e. The smallest absolute Gasteiger partial charge is 0.188 e. The highest BCUT2D eigenvalue weighted by atomic mass is 79.9. The zero-order valence-corrected chi connectivity index (χ0v) is 11.9. The fourth-order valence-corrected chi connectivity index (χ4v) is 2.54. The average Bonchev–Trinajstić information content (AvgIpc) is 2.60.